The van der Waals surface area contributed by atoms with Gasteiger partial charge in [0.1, 0.15) is 12.1 Å². The minimum absolute atomic E-state index is 0.178. The van der Waals surface area contributed by atoms with Gasteiger partial charge in [0.05, 0.1) is 5.69 Å². The summed E-state index contributed by atoms with van der Waals surface area (Å²) in [7, 11) is 0. The Hall–Kier alpha value is -2.86. The van der Waals surface area contributed by atoms with Crippen LogP contribution in [0.4, 0.5) is 11.4 Å². The monoisotopic (exact) mass is 241 g/mol. The Kier molecular flexibility index (Phi) is 4.42. The van der Waals surface area contributed by atoms with Gasteiger partial charge in [-0.2, -0.15) is 15.6 Å². The van der Waals surface area contributed by atoms with Crippen molar-refractivity contribution in [3.05, 3.63) is 23.8 Å². The standard InChI is InChI=1S/C12H11N5O/c1-8-3-4-10(15-9(2)18)5-12(8)17-16-11(6-13)7-14/h3-5,17H,1-2H3,(H,15,18). The molecule has 0 bridgehead atoms. The van der Waals surface area contributed by atoms with Crippen LogP contribution in [0.1, 0.15) is 12.5 Å². The highest BCUT2D eigenvalue weighted by molar-refractivity contribution is 6.10. The summed E-state index contributed by atoms with van der Waals surface area (Å²) >= 11 is 0. The highest BCUT2D eigenvalue weighted by atomic mass is 16.1. The third-order valence-electron chi connectivity index (χ3n) is 2.06. The van der Waals surface area contributed by atoms with Gasteiger partial charge in [-0.3, -0.25) is 10.2 Å². The lowest BCUT2D eigenvalue weighted by atomic mass is 10.2. The maximum Gasteiger partial charge on any atom is 0.237 e. The summed E-state index contributed by atoms with van der Waals surface area (Å²) in [4.78, 5) is 10.9. The molecule has 0 saturated carbocycles. The molecule has 6 nitrogen and oxygen atoms in total. The Bertz CT molecular complexity index is 561. The smallest absolute Gasteiger partial charge is 0.237 e. The average Bonchev–Trinajstić information content (AvgIpc) is 2.33. The minimum Gasteiger partial charge on any atom is -0.326 e. The molecule has 0 aliphatic heterocycles. The van der Waals surface area contributed by atoms with E-state index in [9.17, 15) is 4.79 Å². The number of carbonyl (C=O) groups excluding carboxylic acids is 1. The Labute approximate surface area is 105 Å². The van der Waals surface area contributed by atoms with Gasteiger partial charge >= 0.3 is 0 Å². The van der Waals surface area contributed by atoms with Crippen LogP contribution in [0.2, 0.25) is 0 Å². The highest BCUT2D eigenvalue weighted by Gasteiger charge is 2.02. The van der Waals surface area contributed by atoms with Crippen molar-refractivity contribution < 1.29 is 4.79 Å². The minimum atomic E-state index is -0.265. The van der Waals surface area contributed by atoms with E-state index in [2.05, 4.69) is 15.8 Å². The van der Waals surface area contributed by atoms with Crippen molar-refractivity contribution >= 4 is 23.0 Å². The first-order chi connectivity index (χ1) is 8.56. The van der Waals surface area contributed by atoms with Gasteiger partial charge in [0.15, 0.2) is 0 Å². The fourth-order valence-corrected chi connectivity index (χ4v) is 1.21. The molecule has 0 heterocycles. The molecule has 0 atom stereocenters. The van der Waals surface area contributed by atoms with E-state index >= 15 is 0 Å². The first-order valence-corrected chi connectivity index (χ1v) is 5.09. The van der Waals surface area contributed by atoms with Crippen LogP contribution in [0.25, 0.3) is 0 Å². The van der Waals surface area contributed by atoms with Gasteiger partial charge in [0.25, 0.3) is 0 Å². The van der Waals surface area contributed by atoms with Crippen LogP contribution in [0.15, 0.2) is 23.3 Å². The van der Waals surface area contributed by atoms with Crippen molar-refractivity contribution in [3.8, 4) is 12.1 Å². The summed E-state index contributed by atoms with van der Waals surface area (Å²) in [5, 5.41) is 23.4. The fraction of sp³-hybridized carbons (Fsp3) is 0.167. The number of nitrogens with one attached hydrogen (secondary N) is 2. The summed E-state index contributed by atoms with van der Waals surface area (Å²) in [6.07, 6.45) is 0. The van der Waals surface area contributed by atoms with Gasteiger partial charge < -0.3 is 5.32 Å². The highest BCUT2D eigenvalue weighted by Crippen LogP contribution is 2.20. The molecule has 0 aliphatic carbocycles. The molecule has 1 rings (SSSR count). The van der Waals surface area contributed by atoms with Crippen LogP contribution < -0.4 is 10.7 Å². The summed E-state index contributed by atoms with van der Waals surface area (Å²) < 4.78 is 0. The summed E-state index contributed by atoms with van der Waals surface area (Å²) in [5.41, 5.74) is 4.46. The molecule has 0 aromatic heterocycles. The van der Waals surface area contributed by atoms with Crippen LogP contribution >= 0.6 is 0 Å². The molecule has 0 unspecified atom stereocenters. The maximum absolute atomic E-state index is 10.9. The number of nitriles is 2. The zero-order valence-corrected chi connectivity index (χ0v) is 9.98. The Morgan fingerprint density at radius 2 is 2.00 bits per heavy atom. The average molecular weight is 241 g/mol. The molecule has 6 heteroatoms. The van der Waals surface area contributed by atoms with Crippen molar-refractivity contribution in [3.63, 3.8) is 0 Å². The molecule has 90 valence electrons. The molecule has 1 amide bonds. The zero-order valence-electron chi connectivity index (χ0n) is 9.98. The molecule has 1 aromatic carbocycles. The van der Waals surface area contributed by atoms with Crippen LogP contribution in [0.5, 0.6) is 0 Å². The molecular weight excluding hydrogens is 230 g/mol. The second-order valence-electron chi connectivity index (χ2n) is 3.51. The van der Waals surface area contributed by atoms with Crippen molar-refractivity contribution in [2.45, 2.75) is 13.8 Å². The van der Waals surface area contributed by atoms with Crippen LogP contribution in [0.3, 0.4) is 0 Å². The Balaban J connectivity index is 2.96. The second-order valence-corrected chi connectivity index (χ2v) is 3.51. The van der Waals surface area contributed by atoms with E-state index in [1.54, 1.807) is 30.3 Å². The quantitative estimate of drug-likeness (QED) is 0.621. The number of hydrogen-bond acceptors (Lipinski definition) is 5. The van der Waals surface area contributed by atoms with Crippen LogP contribution in [-0.2, 0) is 4.79 Å². The number of nitrogens with zero attached hydrogens (tertiary/aromatic N) is 3. The lowest BCUT2D eigenvalue weighted by molar-refractivity contribution is -0.114. The van der Waals surface area contributed by atoms with Crippen LogP contribution in [0, 0.1) is 29.6 Å². The van der Waals surface area contributed by atoms with E-state index in [0.29, 0.717) is 11.4 Å². The number of amides is 1. The predicted molar refractivity (Wildman–Crippen MR) is 67.8 cm³/mol. The Morgan fingerprint density at radius 1 is 1.33 bits per heavy atom. The lowest BCUT2D eigenvalue weighted by Crippen LogP contribution is -2.06. The van der Waals surface area contributed by atoms with Crippen molar-refractivity contribution in [2.75, 3.05) is 10.7 Å². The number of rotatable bonds is 3. The first-order valence-electron chi connectivity index (χ1n) is 5.09. The SMILES string of the molecule is CC(=O)Nc1ccc(C)c(NN=C(C#N)C#N)c1. The van der Waals surface area contributed by atoms with E-state index in [4.69, 9.17) is 10.5 Å². The molecule has 0 spiro atoms. The molecular formula is C12H11N5O. The summed E-state index contributed by atoms with van der Waals surface area (Å²) in [5.74, 6) is -0.178. The molecule has 2 N–H and O–H groups in total. The third-order valence-corrected chi connectivity index (χ3v) is 2.06. The number of hydrogen-bond donors (Lipinski definition) is 2. The molecule has 0 aliphatic rings. The number of aryl methyl sites for hydroxylation is 1. The summed E-state index contributed by atoms with van der Waals surface area (Å²) in [6.45, 7) is 3.25. The van der Waals surface area contributed by atoms with Crippen LogP contribution in [-0.4, -0.2) is 11.6 Å². The zero-order chi connectivity index (χ0) is 13.5. The normalized spacial score (nSPS) is 8.67. The summed E-state index contributed by atoms with van der Waals surface area (Å²) in [6, 6.07) is 8.51. The first kappa shape index (κ1) is 13.2. The number of anilines is 2. The lowest BCUT2D eigenvalue weighted by Gasteiger charge is -2.08. The van der Waals surface area contributed by atoms with Gasteiger partial charge in [-0.25, -0.2) is 0 Å². The van der Waals surface area contributed by atoms with E-state index in [0.717, 1.165) is 5.56 Å². The van der Waals surface area contributed by atoms with Gasteiger partial charge in [-0.15, -0.1) is 0 Å². The van der Waals surface area contributed by atoms with Gasteiger partial charge in [-0.05, 0) is 24.6 Å². The largest absolute Gasteiger partial charge is 0.326 e. The maximum atomic E-state index is 10.9. The van der Waals surface area contributed by atoms with E-state index in [1.165, 1.54) is 6.92 Å². The number of benzene rings is 1. The molecule has 0 radical (unpaired) electrons. The molecule has 0 fully saturated rings. The van der Waals surface area contributed by atoms with Crippen molar-refractivity contribution in [1.29, 1.82) is 10.5 Å². The van der Waals surface area contributed by atoms with E-state index in [-0.39, 0.29) is 11.6 Å². The molecule has 1 aromatic rings. The topological polar surface area (TPSA) is 101 Å². The van der Waals surface area contributed by atoms with E-state index < -0.39 is 0 Å². The van der Waals surface area contributed by atoms with E-state index in [1.807, 2.05) is 6.92 Å². The number of carbonyl (C=O) groups is 1. The number of hydrazone groups is 1. The van der Waals surface area contributed by atoms with Gasteiger partial charge in [-0.1, -0.05) is 6.07 Å². The molecule has 18 heavy (non-hydrogen) atoms. The van der Waals surface area contributed by atoms with Crippen molar-refractivity contribution in [2.24, 2.45) is 5.10 Å². The van der Waals surface area contributed by atoms with Crippen molar-refractivity contribution in [1.82, 2.24) is 0 Å². The fourth-order valence-electron chi connectivity index (χ4n) is 1.21. The van der Waals surface area contributed by atoms with Gasteiger partial charge in [0.2, 0.25) is 11.6 Å². The third kappa shape index (κ3) is 3.62. The Morgan fingerprint density at radius 3 is 2.56 bits per heavy atom. The molecule has 0 saturated heterocycles. The second kappa shape index (κ2) is 6.02. The van der Waals surface area contributed by atoms with Gasteiger partial charge in [0, 0.05) is 12.6 Å². The predicted octanol–water partition coefficient (Wildman–Crippen LogP) is 1.77.